The van der Waals surface area contributed by atoms with Crippen molar-refractivity contribution in [2.45, 2.75) is 38.8 Å². The molecule has 164 valence electrons. The molecule has 0 saturated carbocycles. The van der Waals surface area contributed by atoms with Crippen LogP contribution in [0, 0.1) is 11.6 Å². The van der Waals surface area contributed by atoms with Gasteiger partial charge in [-0.05, 0) is 60.5 Å². The van der Waals surface area contributed by atoms with E-state index in [4.69, 9.17) is 0 Å². The van der Waals surface area contributed by atoms with Gasteiger partial charge in [0.15, 0.2) is 5.82 Å². The van der Waals surface area contributed by atoms with E-state index in [9.17, 15) is 8.78 Å². The molecule has 2 heterocycles. The van der Waals surface area contributed by atoms with Crippen LogP contribution in [-0.2, 0) is 5.54 Å². The number of nitrogens with zero attached hydrogens (tertiary/aromatic N) is 6. The molecule has 0 radical (unpaired) electrons. The van der Waals surface area contributed by atoms with Crippen molar-refractivity contribution in [1.29, 1.82) is 0 Å². The number of anilines is 1. The molecular formula is C23H28F2N6. The van der Waals surface area contributed by atoms with Gasteiger partial charge in [0.25, 0.3) is 0 Å². The Morgan fingerprint density at radius 3 is 2.29 bits per heavy atom. The fourth-order valence-corrected chi connectivity index (χ4v) is 4.04. The summed E-state index contributed by atoms with van der Waals surface area (Å²) in [5.74, 6) is 0.248. The molecule has 0 bridgehead atoms. The van der Waals surface area contributed by atoms with Crippen LogP contribution in [0.3, 0.4) is 0 Å². The Morgan fingerprint density at radius 1 is 0.968 bits per heavy atom. The van der Waals surface area contributed by atoms with Crippen molar-refractivity contribution in [3.63, 3.8) is 0 Å². The van der Waals surface area contributed by atoms with Crippen LogP contribution in [0.25, 0.3) is 0 Å². The van der Waals surface area contributed by atoms with Crippen LogP contribution < -0.4 is 4.90 Å². The predicted molar refractivity (Wildman–Crippen MR) is 116 cm³/mol. The monoisotopic (exact) mass is 426 g/mol. The summed E-state index contributed by atoms with van der Waals surface area (Å²) in [6, 6.07) is 13.2. The average Bonchev–Trinajstić information content (AvgIpc) is 3.27. The van der Waals surface area contributed by atoms with E-state index >= 15 is 0 Å². The van der Waals surface area contributed by atoms with Gasteiger partial charge in [-0.1, -0.05) is 31.2 Å². The van der Waals surface area contributed by atoms with E-state index in [-0.39, 0.29) is 23.2 Å². The molecule has 0 amide bonds. The van der Waals surface area contributed by atoms with E-state index in [1.54, 1.807) is 18.2 Å². The first-order valence-electron chi connectivity index (χ1n) is 10.7. The second kappa shape index (κ2) is 8.70. The van der Waals surface area contributed by atoms with Crippen molar-refractivity contribution in [2.75, 3.05) is 31.1 Å². The molecule has 8 heteroatoms. The van der Waals surface area contributed by atoms with Gasteiger partial charge in [0.05, 0.1) is 17.3 Å². The van der Waals surface area contributed by atoms with Gasteiger partial charge in [-0.2, -0.15) is 0 Å². The van der Waals surface area contributed by atoms with E-state index < -0.39 is 0 Å². The molecule has 1 aliphatic heterocycles. The van der Waals surface area contributed by atoms with Crippen molar-refractivity contribution < 1.29 is 8.78 Å². The van der Waals surface area contributed by atoms with E-state index in [1.807, 2.05) is 16.8 Å². The van der Waals surface area contributed by atoms with Gasteiger partial charge in [-0.3, -0.25) is 4.90 Å². The van der Waals surface area contributed by atoms with Crippen LogP contribution in [-0.4, -0.2) is 51.3 Å². The summed E-state index contributed by atoms with van der Waals surface area (Å²) in [7, 11) is 0. The first kappa shape index (κ1) is 21.4. The third-order valence-corrected chi connectivity index (χ3v) is 6.24. The van der Waals surface area contributed by atoms with Crippen molar-refractivity contribution in [2.24, 2.45) is 0 Å². The summed E-state index contributed by atoms with van der Waals surface area (Å²) in [5, 5.41) is 12.6. The molecule has 0 N–H and O–H groups in total. The minimum absolute atomic E-state index is 0.209. The molecule has 3 aromatic rings. The van der Waals surface area contributed by atoms with Gasteiger partial charge in [0.2, 0.25) is 0 Å². The van der Waals surface area contributed by atoms with E-state index in [1.165, 1.54) is 18.2 Å². The average molecular weight is 427 g/mol. The number of rotatable bonds is 6. The fourth-order valence-electron chi connectivity index (χ4n) is 4.04. The Kier molecular flexibility index (Phi) is 6.00. The van der Waals surface area contributed by atoms with Crippen LogP contribution in [0.4, 0.5) is 14.5 Å². The number of benzene rings is 2. The van der Waals surface area contributed by atoms with Crippen molar-refractivity contribution in [3.8, 4) is 0 Å². The minimum Gasteiger partial charge on any atom is -0.367 e. The first-order valence-corrected chi connectivity index (χ1v) is 10.7. The maximum absolute atomic E-state index is 14.3. The van der Waals surface area contributed by atoms with E-state index in [0.29, 0.717) is 31.9 Å². The Bertz CT molecular complexity index is 1010. The maximum Gasteiger partial charge on any atom is 0.173 e. The normalized spacial score (nSPS) is 16.5. The molecule has 31 heavy (non-hydrogen) atoms. The summed E-state index contributed by atoms with van der Waals surface area (Å²) in [6.07, 6.45) is 0.863. The Labute approximate surface area is 181 Å². The number of para-hydroxylation sites is 1. The Hall–Kier alpha value is -2.87. The zero-order chi connectivity index (χ0) is 22.0. The van der Waals surface area contributed by atoms with Crippen LogP contribution in [0.15, 0.2) is 48.5 Å². The molecule has 1 fully saturated rings. The highest BCUT2D eigenvalue weighted by Gasteiger charge is 2.34. The minimum atomic E-state index is -0.277. The molecular weight excluding hydrogens is 398 g/mol. The van der Waals surface area contributed by atoms with Crippen molar-refractivity contribution in [3.05, 3.63) is 71.6 Å². The van der Waals surface area contributed by atoms with Crippen LogP contribution in [0.1, 0.15) is 44.6 Å². The molecule has 1 aromatic heterocycles. The van der Waals surface area contributed by atoms with E-state index in [0.717, 1.165) is 17.8 Å². The molecule has 1 aliphatic rings. The zero-order valence-corrected chi connectivity index (χ0v) is 18.2. The lowest BCUT2D eigenvalue weighted by Gasteiger charge is -2.40. The number of halogens is 2. The number of hydrogen-bond donors (Lipinski definition) is 0. The maximum atomic E-state index is 14.3. The SMILES string of the molecule is CCC(C)(C)n1nnnc1[C@H](c1ccc(F)cc1)N1CCN(c2ccccc2F)CC1. The quantitative estimate of drug-likeness (QED) is 0.596. The molecule has 6 nitrogen and oxygen atoms in total. The zero-order valence-electron chi connectivity index (χ0n) is 18.2. The molecule has 2 aromatic carbocycles. The smallest absolute Gasteiger partial charge is 0.173 e. The van der Waals surface area contributed by atoms with Gasteiger partial charge in [-0.25, -0.2) is 13.5 Å². The second-order valence-electron chi connectivity index (χ2n) is 8.54. The van der Waals surface area contributed by atoms with Crippen molar-refractivity contribution in [1.82, 2.24) is 25.1 Å². The standard InChI is InChI=1S/C23H28F2N6/c1-4-23(2,3)31-22(26-27-28-31)21(17-9-11-18(24)12-10-17)30-15-13-29(14-16-30)20-8-6-5-7-19(20)25/h5-12,21H,4,13-16H2,1-3H3/t21-/m0/s1. The molecule has 1 saturated heterocycles. The summed E-state index contributed by atoms with van der Waals surface area (Å²) in [4.78, 5) is 4.35. The van der Waals surface area contributed by atoms with Gasteiger partial charge < -0.3 is 4.90 Å². The molecule has 1 atom stereocenters. The van der Waals surface area contributed by atoms with Crippen molar-refractivity contribution >= 4 is 5.69 Å². The molecule has 0 aliphatic carbocycles. The lowest BCUT2D eigenvalue weighted by molar-refractivity contribution is 0.187. The van der Waals surface area contributed by atoms with E-state index in [2.05, 4.69) is 46.1 Å². The molecule has 0 spiro atoms. The van der Waals surface area contributed by atoms with Crippen LogP contribution in [0.2, 0.25) is 0 Å². The summed E-state index contributed by atoms with van der Waals surface area (Å²) in [5.41, 5.74) is 1.30. The Morgan fingerprint density at radius 2 is 1.65 bits per heavy atom. The first-order chi connectivity index (χ1) is 14.9. The third kappa shape index (κ3) is 4.30. The number of hydrogen-bond acceptors (Lipinski definition) is 5. The highest BCUT2D eigenvalue weighted by molar-refractivity contribution is 5.48. The Balaban J connectivity index is 1.65. The predicted octanol–water partition coefficient (Wildman–Crippen LogP) is 4.01. The van der Waals surface area contributed by atoms with Crippen LogP contribution >= 0.6 is 0 Å². The number of aromatic nitrogens is 4. The number of tetrazole rings is 1. The summed E-state index contributed by atoms with van der Waals surface area (Å²) < 4.78 is 29.8. The molecule has 4 rings (SSSR count). The third-order valence-electron chi connectivity index (χ3n) is 6.24. The summed E-state index contributed by atoms with van der Waals surface area (Å²) >= 11 is 0. The highest BCUT2D eigenvalue weighted by atomic mass is 19.1. The van der Waals surface area contributed by atoms with Crippen LogP contribution in [0.5, 0.6) is 0 Å². The summed E-state index contributed by atoms with van der Waals surface area (Å²) in [6.45, 7) is 9.07. The van der Waals surface area contributed by atoms with Gasteiger partial charge >= 0.3 is 0 Å². The number of piperazine rings is 1. The fraction of sp³-hybridized carbons (Fsp3) is 0.435. The topological polar surface area (TPSA) is 50.1 Å². The lowest BCUT2D eigenvalue weighted by Crippen LogP contribution is -2.49. The van der Waals surface area contributed by atoms with Gasteiger partial charge in [0.1, 0.15) is 11.6 Å². The van der Waals surface area contributed by atoms with Gasteiger partial charge in [0, 0.05) is 26.2 Å². The second-order valence-corrected chi connectivity index (χ2v) is 8.54. The lowest BCUT2D eigenvalue weighted by atomic mass is 9.99. The molecule has 0 unspecified atom stereocenters. The highest BCUT2D eigenvalue weighted by Crippen LogP contribution is 2.32. The largest absolute Gasteiger partial charge is 0.367 e. The van der Waals surface area contributed by atoms with Gasteiger partial charge in [-0.15, -0.1) is 5.10 Å².